The van der Waals surface area contributed by atoms with Crippen molar-refractivity contribution in [2.45, 2.75) is 17.9 Å². The van der Waals surface area contributed by atoms with E-state index in [-0.39, 0.29) is 5.25 Å². The van der Waals surface area contributed by atoms with Gasteiger partial charge in [-0.3, -0.25) is 4.79 Å². The van der Waals surface area contributed by atoms with E-state index in [2.05, 4.69) is 0 Å². The van der Waals surface area contributed by atoms with Gasteiger partial charge >= 0.3 is 5.97 Å². The summed E-state index contributed by atoms with van der Waals surface area (Å²) in [4.78, 5) is 10.4. The van der Waals surface area contributed by atoms with Gasteiger partial charge in [-0.25, -0.2) is 0 Å². The SMILES string of the molecule is CC(SCc1ccsc1)C(=O)O. The van der Waals surface area contributed by atoms with Crippen LogP contribution in [0.1, 0.15) is 12.5 Å². The number of aliphatic carboxylic acids is 1. The summed E-state index contributed by atoms with van der Waals surface area (Å²) in [7, 11) is 0. The normalized spacial score (nSPS) is 12.8. The third-order valence-electron chi connectivity index (χ3n) is 1.43. The van der Waals surface area contributed by atoms with Gasteiger partial charge in [-0.2, -0.15) is 11.3 Å². The highest BCUT2D eigenvalue weighted by Gasteiger charge is 2.10. The van der Waals surface area contributed by atoms with Gasteiger partial charge in [0.25, 0.3) is 0 Å². The Morgan fingerprint density at radius 2 is 2.58 bits per heavy atom. The number of carboxylic acids is 1. The molecule has 0 aliphatic rings. The number of carbonyl (C=O) groups is 1. The second-order valence-corrected chi connectivity index (χ2v) is 4.53. The summed E-state index contributed by atoms with van der Waals surface area (Å²) in [5.41, 5.74) is 1.21. The van der Waals surface area contributed by atoms with E-state index in [4.69, 9.17) is 5.11 Å². The molecule has 0 spiro atoms. The minimum absolute atomic E-state index is 0.315. The maximum absolute atomic E-state index is 10.4. The van der Waals surface area contributed by atoms with Gasteiger partial charge in [0.1, 0.15) is 0 Å². The number of rotatable bonds is 4. The lowest BCUT2D eigenvalue weighted by atomic mass is 10.4. The monoisotopic (exact) mass is 202 g/mol. The van der Waals surface area contributed by atoms with Crippen molar-refractivity contribution in [2.24, 2.45) is 0 Å². The summed E-state index contributed by atoms with van der Waals surface area (Å²) in [5, 5.41) is 12.3. The minimum atomic E-state index is -0.741. The molecule has 12 heavy (non-hydrogen) atoms. The predicted octanol–water partition coefficient (Wildman–Crippen LogP) is 2.45. The highest BCUT2D eigenvalue weighted by molar-refractivity contribution is 7.99. The molecule has 0 bridgehead atoms. The van der Waals surface area contributed by atoms with Crippen LogP contribution >= 0.6 is 23.1 Å². The maximum Gasteiger partial charge on any atom is 0.316 e. The molecule has 1 N–H and O–H groups in total. The predicted molar refractivity (Wildman–Crippen MR) is 52.7 cm³/mol. The minimum Gasteiger partial charge on any atom is -0.480 e. The molecule has 0 fully saturated rings. The third-order valence-corrected chi connectivity index (χ3v) is 3.36. The summed E-state index contributed by atoms with van der Waals surface area (Å²) >= 11 is 3.09. The standard InChI is InChI=1S/C8H10O2S2/c1-6(8(9)10)12-5-7-2-3-11-4-7/h2-4,6H,5H2,1H3,(H,9,10). The Kier molecular flexibility index (Phi) is 3.62. The largest absolute Gasteiger partial charge is 0.480 e. The fraction of sp³-hybridized carbons (Fsp3) is 0.375. The van der Waals surface area contributed by atoms with Crippen molar-refractivity contribution in [1.29, 1.82) is 0 Å². The number of thioether (sulfide) groups is 1. The quantitative estimate of drug-likeness (QED) is 0.815. The first-order valence-corrected chi connectivity index (χ1v) is 5.55. The van der Waals surface area contributed by atoms with E-state index < -0.39 is 5.97 Å². The van der Waals surface area contributed by atoms with Gasteiger partial charge in [-0.05, 0) is 29.3 Å². The zero-order valence-corrected chi connectivity index (χ0v) is 8.32. The van der Waals surface area contributed by atoms with Crippen molar-refractivity contribution < 1.29 is 9.90 Å². The van der Waals surface area contributed by atoms with Gasteiger partial charge in [0.2, 0.25) is 0 Å². The lowest BCUT2D eigenvalue weighted by Gasteiger charge is -2.03. The van der Waals surface area contributed by atoms with E-state index >= 15 is 0 Å². The fourth-order valence-electron chi connectivity index (χ4n) is 0.667. The number of thiophene rings is 1. The van der Waals surface area contributed by atoms with Crippen LogP contribution in [0.3, 0.4) is 0 Å². The van der Waals surface area contributed by atoms with E-state index in [0.29, 0.717) is 0 Å². The Labute approximate surface area is 79.6 Å². The smallest absolute Gasteiger partial charge is 0.316 e. The molecular formula is C8H10O2S2. The molecule has 2 nitrogen and oxygen atoms in total. The molecule has 4 heteroatoms. The van der Waals surface area contributed by atoms with Crippen LogP contribution in [0.2, 0.25) is 0 Å². The van der Waals surface area contributed by atoms with Crippen LogP contribution in [0, 0.1) is 0 Å². The number of hydrogen-bond donors (Lipinski definition) is 1. The molecule has 1 heterocycles. The van der Waals surface area contributed by atoms with Crippen LogP contribution in [0.25, 0.3) is 0 Å². The highest BCUT2D eigenvalue weighted by Crippen LogP contribution is 2.19. The number of hydrogen-bond acceptors (Lipinski definition) is 3. The van der Waals surface area contributed by atoms with Gasteiger partial charge in [-0.1, -0.05) is 0 Å². The lowest BCUT2D eigenvalue weighted by Crippen LogP contribution is -2.11. The highest BCUT2D eigenvalue weighted by atomic mass is 32.2. The van der Waals surface area contributed by atoms with Crippen LogP contribution in [-0.2, 0) is 10.5 Å². The molecule has 0 aliphatic carbocycles. The zero-order valence-electron chi connectivity index (χ0n) is 6.69. The summed E-state index contributed by atoms with van der Waals surface area (Å²) in [6.45, 7) is 1.71. The molecule has 0 saturated heterocycles. The van der Waals surface area contributed by atoms with E-state index in [0.717, 1.165) is 5.75 Å². The average Bonchev–Trinajstić information content (AvgIpc) is 2.51. The number of carboxylic acid groups (broad SMARTS) is 1. The molecule has 1 aromatic heterocycles. The molecule has 1 aromatic rings. The molecule has 0 saturated carbocycles. The van der Waals surface area contributed by atoms with E-state index in [1.54, 1.807) is 18.3 Å². The summed E-state index contributed by atoms with van der Waals surface area (Å²) in [6.07, 6.45) is 0. The summed E-state index contributed by atoms with van der Waals surface area (Å²) in [5.74, 6) is 0.0481. The lowest BCUT2D eigenvalue weighted by molar-refractivity contribution is -0.136. The molecule has 66 valence electrons. The third kappa shape index (κ3) is 2.87. The summed E-state index contributed by atoms with van der Waals surface area (Å²) in [6, 6.07) is 2.02. The first kappa shape index (κ1) is 9.61. The Morgan fingerprint density at radius 3 is 3.08 bits per heavy atom. The molecule has 1 atom stereocenters. The average molecular weight is 202 g/mol. The van der Waals surface area contributed by atoms with E-state index in [1.807, 2.05) is 16.8 Å². The fourth-order valence-corrected chi connectivity index (χ4v) is 2.21. The van der Waals surface area contributed by atoms with Crippen LogP contribution in [-0.4, -0.2) is 16.3 Å². The van der Waals surface area contributed by atoms with Crippen LogP contribution in [0.5, 0.6) is 0 Å². The summed E-state index contributed by atoms with van der Waals surface area (Å²) < 4.78 is 0. The topological polar surface area (TPSA) is 37.3 Å². The molecule has 0 aromatic carbocycles. The Hall–Kier alpha value is -0.480. The second-order valence-electron chi connectivity index (χ2n) is 2.42. The van der Waals surface area contributed by atoms with Crippen LogP contribution in [0.15, 0.2) is 16.8 Å². The van der Waals surface area contributed by atoms with Gasteiger partial charge in [0.05, 0.1) is 5.25 Å². The second kappa shape index (κ2) is 4.52. The van der Waals surface area contributed by atoms with Crippen LogP contribution in [0.4, 0.5) is 0 Å². The van der Waals surface area contributed by atoms with Gasteiger partial charge in [-0.15, -0.1) is 11.8 Å². The molecular weight excluding hydrogens is 192 g/mol. The van der Waals surface area contributed by atoms with Crippen molar-refractivity contribution in [1.82, 2.24) is 0 Å². The molecule has 1 rings (SSSR count). The van der Waals surface area contributed by atoms with Crippen molar-refractivity contribution in [3.8, 4) is 0 Å². The van der Waals surface area contributed by atoms with Crippen molar-refractivity contribution >= 4 is 29.1 Å². The van der Waals surface area contributed by atoms with Crippen molar-refractivity contribution in [3.05, 3.63) is 22.4 Å². The molecule has 1 unspecified atom stereocenters. The Morgan fingerprint density at radius 1 is 1.83 bits per heavy atom. The molecule has 0 amide bonds. The first-order chi connectivity index (χ1) is 5.70. The Bertz CT molecular complexity index is 244. The molecule has 0 radical (unpaired) electrons. The Balaban J connectivity index is 2.31. The van der Waals surface area contributed by atoms with Gasteiger partial charge in [0, 0.05) is 5.75 Å². The van der Waals surface area contributed by atoms with Crippen molar-refractivity contribution in [3.63, 3.8) is 0 Å². The zero-order chi connectivity index (χ0) is 8.97. The van der Waals surface area contributed by atoms with Crippen molar-refractivity contribution in [2.75, 3.05) is 0 Å². The maximum atomic E-state index is 10.4. The molecule has 0 aliphatic heterocycles. The van der Waals surface area contributed by atoms with E-state index in [9.17, 15) is 4.79 Å². The van der Waals surface area contributed by atoms with E-state index in [1.165, 1.54) is 17.3 Å². The first-order valence-electron chi connectivity index (χ1n) is 3.55. The van der Waals surface area contributed by atoms with Crippen LogP contribution < -0.4 is 0 Å². The van der Waals surface area contributed by atoms with Gasteiger partial charge < -0.3 is 5.11 Å². The van der Waals surface area contributed by atoms with Gasteiger partial charge in [0.15, 0.2) is 0 Å².